The average Bonchev–Trinajstić information content (AvgIpc) is 3.59. The second kappa shape index (κ2) is 7.58. The molecular weight excluding hydrogens is 380 g/mol. The molecule has 1 aliphatic carbocycles. The van der Waals surface area contributed by atoms with Crippen molar-refractivity contribution >= 4 is 28.9 Å². The van der Waals surface area contributed by atoms with Crippen molar-refractivity contribution in [2.24, 2.45) is 11.3 Å². The topological polar surface area (TPSA) is 94.4 Å². The zero-order valence-corrected chi connectivity index (χ0v) is 16.8. The number of rotatable bonds is 5. The first-order valence-corrected chi connectivity index (χ1v) is 10.4. The van der Waals surface area contributed by atoms with Gasteiger partial charge in [0, 0.05) is 37.6 Å². The van der Waals surface area contributed by atoms with Crippen LogP contribution in [0.5, 0.6) is 0 Å². The SMILES string of the molecule is N#C[C@@]1(C2CC2)CCN(c2ccnc(Nc3ccc(N4CCOCC4)cn3)c2)C1=O. The van der Waals surface area contributed by atoms with E-state index >= 15 is 0 Å². The van der Waals surface area contributed by atoms with E-state index in [-0.39, 0.29) is 11.8 Å². The third-order valence-electron chi connectivity index (χ3n) is 6.27. The zero-order chi connectivity index (χ0) is 20.6. The highest BCUT2D eigenvalue weighted by Gasteiger charge is 2.56. The van der Waals surface area contributed by atoms with Crippen LogP contribution in [0.15, 0.2) is 36.7 Å². The van der Waals surface area contributed by atoms with Gasteiger partial charge in [-0.3, -0.25) is 4.79 Å². The Balaban J connectivity index is 1.30. The monoisotopic (exact) mass is 404 g/mol. The zero-order valence-electron chi connectivity index (χ0n) is 16.8. The minimum absolute atomic E-state index is 0.0716. The molecule has 1 N–H and O–H groups in total. The molecular formula is C22H24N6O2. The number of nitrogens with one attached hydrogen (secondary N) is 1. The Morgan fingerprint density at radius 3 is 2.63 bits per heavy atom. The van der Waals surface area contributed by atoms with Gasteiger partial charge in [-0.2, -0.15) is 5.26 Å². The quantitative estimate of drug-likeness (QED) is 0.819. The molecule has 5 rings (SSSR count). The highest BCUT2D eigenvalue weighted by atomic mass is 16.5. The highest BCUT2D eigenvalue weighted by molar-refractivity contribution is 6.02. The van der Waals surface area contributed by atoms with Crippen LogP contribution in [0.2, 0.25) is 0 Å². The maximum Gasteiger partial charge on any atom is 0.247 e. The summed E-state index contributed by atoms with van der Waals surface area (Å²) in [7, 11) is 0. The van der Waals surface area contributed by atoms with Crippen LogP contribution in [0.1, 0.15) is 19.3 Å². The molecule has 1 saturated carbocycles. The number of aromatic nitrogens is 2. The van der Waals surface area contributed by atoms with E-state index in [4.69, 9.17) is 4.74 Å². The maximum absolute atomic E-state index is 13.0. The van der Waals surface area contributed by atoms with Gasteiger partial charge in [-0.15, -0.1) is 0 Å². The number of nitriles is 1. The van der Waals surface area contributed by atoms with E-state index in [9.17, 15) is 10.1 Å². The first-order chi connectivity index (χ1) is 14.7. The molecule has 0 radical (unpaired) electrons. The number of anilines is 4. The van der Waals surface area contributed by atoms with Gasteiger partial charge >= 0.3 is 0 Å². The fraction of sp³-hybridized carbons (Fsp3) is 0.455. The van der Waals surface area contributed by atoms with Crippen LogP contribution in [0.3, 0.4) is 0 Å². The van der Waals surface area contributed by atoms with Gasteiger partial charge in [0.1, 0.15) is 17.1 Å². The minimum atomic E-state index is -0.840. The van der Waals surface area contributed by atoms with E-state index in [0.717, 1.165) is 50.5 Å². The van der Waals surface area contributed by atoms with E-state index in [2.05, 4.69) is 26.3 Å². The molecule has 2 aromatic heterocycles. The molecule has 8 nitrogen and oxygen atoms in total. The molecule has 2 aromatic rings. The van der Waals surface area contributed by atoms with Gasteiger partial charge in [-0.1, -0.05) is 0 Å². The van der Waals surface area contributed by atoms with Gasteiger partial charge in [0.2, 0.25) is 5.91 Å². The third kappa shape index (κ3) is 3.35. The smallest absolute Gasteiger partial charge is 0.247 e. The summed E-state index contributed by atoms with van der Waals surface area (Å²) in [6, 6.07) is 9.95. The van der Waals surface area contributed by atoms with Crippen molar-refractivity contribution in [2.75, 3.05) is 48.0 Å². The Bertz CT molecular complexity index is 978. The molecule has 8 heteroatoms. The lowest BCUT2D eigenvalue weighted by molar-refractivity contribution is -0.123. The molecule has 30 heavy (non-hydrogen) atoms. The lowest BCUT2D eigenvalue weighted by Gasteiger charge is -2.28. The first-order valence-electron chi connectivity index (χ1n) is 10.4. The fourth-order valence-electron chi connectivity index (χ4n) is 4.39. The number of carbonyl (C=O) groups excluding carboxylic acids is 1. The van der Waals surface area contributed by atoms with E-state index in [1.807, 2.05) is 30.5 Å². The molecule has 1 amide bonds. The predicted molar refractivity (Wildman–Crippen MR) is 113 cm³/mol. The highest BCUT2D eigenvalue weighted by Crippen LogP contribution is 2.51. The molecule has 2 aliphatic heterocycles. The van der Waals surface area contributed by atoms with Gasteiger partial charge < -0.3 is 19.9 Å². The van der Waals surface area contributed by atoms with Crippen molar-refractivity contribution in [3.05, 3.63) is 36.7 Å². The fourth-order valence-corrected chi connectivity index (χ4v) is 4.39. The van der Waals surface area contributed by atoms with Crippen molar-refractivity contribution in [2.45, 2.75) is 19.3 Å². The molecule has 3 fully saturated rings. The summed E-state index contributed by atoms with van der Waals surface area (Å²) < 4.78 is 5.39. The van der Waals surface area contributed by atoms with Crippen molar-refractivity contribution in [1.82, 2.24) is 9.97 Å². The molecule has 0 unspecified atom stereocenters. The number of pyridine rings is 2. The largest absolute Gasteiger partial charge is 0.378 e. The van der Waals surface area contributed by atoms with Crippen LogP contribution >= 0.6 is 0 Å². The van der Waals surface area contributed by atoms with Crippen LogP contribution in [-0.4, -0.2) is 48.7 Å². The Kier molecular flexibility index (Phi) is 4.75. The Morgan fingerprint density at radius 2 is 1.93 bits per heavy atom. The molecule has 0 spiro atoms. The summed E-state index contributed by atoms with van der Waals surface area (Å²) in [5, 5.41) is 12.9. The summed E-state index contributed by atoms with van der Waals surface area (Å²) >= 11 is 0. The van der Waals surface area contributed by atoms with E-state index in [1.165, 1.54) is 0 Å². The maximum atomic E-state index is 13.0. The van der Waals surface area contributed by atoms with E-state index < -0.39 is 5.41 Å². The summed E-state index contributed by atoms with van der Waals surface area (Å²) in [6.45, 7) is 3.78. The molecule has 1 atom stereocenters. The number of hydrogen-bond acceptors (Lipinski definition) is 7. The molecule has 3 aliphatic rings. The van der Waals surface area contributed by atoms with Crippen LogP contribution < -0.4 is 15.1 Å². The van der Waals surface area contributed by atoms with Crippen molar-refractivity contribution in [1.29, 1.82) is 5.26 Å². The third-order valence-corrected chi connectivity index (χ3v) is 6.27. The number of morpholine rings is 1. The second-order valence-corrected chi connectivity index (χ2v) is 8.09. The predicted octanol–water partition coefficient (Wildman–Crippen LogP) is 2.71. The van der Waals surface area contributed by atoms with Crippen molar-refractivity contribution < 1.29 is 9.53 Å². The molecule has 2 saturated heterocycles. The van der Waals surface area contributed by atoms with Crippen LogP contribution in [0.4, 0.5) is 23.0 Å². The number of carbonyl (C=O) groups is 1. The van der Waals surface area contributed by atoms with E-state index in [0.29, 0.717) is 24.6 Å². The van der Waals surface area contributed by atoms with Crippen molar-refractivity contribution in [3.8, 4) is 6.07 Å². The first kappa shape index (κ1) is 18.8. The van der Waals surface area contributed by atoms with Gasteiger partial charge in [0.15, 0.2) is 0 Å². The summed E-state index contributed by atoms with van der Waals surface area (Å²) in [5.41, 5.74) is 0.995. The standard InChI is InChI=1S/C22H24N6O2/c23-15-22(16-1-2-16)6-8-28(21(22)29)17-5-7-24-20(13-17)26-19-4-3-18(14-25-19)27-9-11-30-12-10-27/h3-5,7,13-14,16H,1-2,6,8-12H2,(H,24,25,26)/t22-/m1/s1. The van der Waals surface area contributed by atoms with Crippen LogP contribution in [0.25, 0.3) is 0 Å². The Morgan fingerprint density at radius 1 is 1.10 bits per heavy atom. The Labute approximate surface area is 175 Å². The van der Waals surface area contributed by atoms with Crippen LogP contribution in [0, 0.1) is 22.7 Å². The molecule has 0 aromatic carbocycles. The molecule has 4 heterocycles. The average molecular weight is 404 g/mol. The van der Waals surface area contributed by atoms with Gasteiger partial charge in [0.05, 0.1) is 31.2 Å². The minimum Gasteiger partial charge on any atom is -0.378 e. The van der Waals surface area contributed by atoms with E-state index in [1.54, 1.807) is 11.1 Å². The summed E-state index contributed by atoms with van der Waals surface area (Å²) in [5.74, 6) is 1.45. The van der Waals surface area contributed by atoms with Crippen LogP contribution in [-0.2, 0) is 9.53 Å². The lowest BCUT2D eigenvalue weighted by atomic mass is 9.83. The van der Waals surface area contributed by atoms with Gasteiger partial charge in [-0.05, 0) is 43.4 Å². The van der Waals surface area contributed by atoms with Crippen molar-refractivity contribution in [3.63, 3.8) is 0 Å². The number of nitrogens with zero attached hydrogens (tertiary/aromatic N) is 5. The number of hydrogen-bond donors (Lipinski definition) is 1. The second-order valence-electron chi connectivity index (χ2n) is 8.09. The Hall–Kier alpha value is -3.18. The van der Waals surface area contributed by atoms with Gasteiger partial charge in [-0.25, -0.2) is 9.97 Å². The summed E-state index contributed by atoms with van der Waals surface area (Å²) in [6.07, 6.45) is 6.07. The number of ether oxygens (including phenoxy) is 1. The molecule has 0 bridgehead atoms. The lowest BCUT2D eigenvalue weighted by Crippen LogP contribution is -2.36. The number of amides is 1. The molecule has 154 valence electrons. The van der Waals surface area contributed by atoms with Gasteiger partial charge in [0.25, 0.3) is 0 Å². The normalized spacial score (nSPS) is 24.0. The summed E-state index contributed by atoms with van der Waals surface area (Å²) in [4.78, 5) is 25.9.